The minimum Gasteiger partial charge on any atom is -0.342 e. The van der Waals surface area contributed by atoms with Crippen molar-refractivity contribution in [3.8, 4) is 0 Å². The van der Waals surface area contributed by atoms with Gasteiger partial charge in [-0.1, -0.05) is 49.0 Å². The molecule has 26 heavy (non-hydrogen) atoms. The maximum atomic E-state index is 12.4. The smallest absolute Gasteiger partial charge is 0.255 e. The number of aromatic nitrogens is 2. The van der Waals surface area contributed by atoms with Crippen LogP contribution in [0.1, 0.15) is 36.6 Å². The summed E-state index contributed by atoms with van der Waals surface area (Å²) in [6.07, 6.45) is 2.70. The van der Waals surface area contributed by atoms with Gasteiger partial charge in [-0.05, 0) is 31.2 Å². The van der Waals surface area contributed by atoms with Gasteiger partial charge in [0.2, 0.25) is 5.91 Å². The van der Waals surface area contributed by atoms with E-state index in [2.05, 4.69) is 16.9 Å². The lowest BCUT2D eigenvalue weighted by Gasteiger charge is -2.30. The van der Waals surface area contributed by atoms with E-state index in [9.17, 15) is 9.59 Å². The lowest BCUT2D eigenvalue weighted by molar-refractivity contribution is -0.129. The molecule has 6 heteroatoms. The molecule has 138 valence electrons. The second kappa shape index (κ2) is 8.54. The van der Waals surface area contributed by atoms with Gasteiger partial charge in [0.15, 0.2) is 5.16 Å². The third-order valence-electron chi connectivity index (χ3n) is 4.89. The molecule has 1 aliphatic rings. The van der Waals surface area contributed by atoms with Gasteiger partial charge >= 0.3 is 0 Å². The number of hydrogen-bond donors (Lipinski definition) is 1. The minimum atomic E-state index is -0.122. The van der Waals surface area contributed by atoms with Crippen LogP contribution in [0.3, 0.4) is 0 Å². The van der Waals surface area contributed by atoms with E-state index in [0.29, 0.717) is 28.8 Å². The van der Waals surface area contributed by atoms with Crippen molar-refractivity contribution >= 4 is 17.7 Å². The summed E-state index contributed by atoms with van der Waals surface area (Å²) in [6, 6.07) is 9.88. The van der Waals surface area contributed by atoms with E-state index in [-0.39, 0.29) is 11.5 Å². The molecule has 0 atom stereocenters. The zero-order chi connectivity index (χ0) is 18.5. The zero-order valence-electron chi connectivity index (χ0n) is 15.3. The number of aromatic amines is 1. The second-order valence-corrected chi connectivity index (χ2v) is 7.91. The molecule has 1 N–H and O–H groups in total. The Hall–Kier alpha value is -2.08. The van der Waals surface area contributed by atoms with Crippen LogP contribution in [0, 0.1) is 12.8 Å². The highest BCUT2D eigenvalue weighted by molar-refractivity contribution is 7.99. The molecular weight excluding hydrogens is 346 g/mol. The van der Waals surface area contributed by atoms with Crippen molar-refractivity contribution in [1.29, 1.82) is 0 Å². The fourth-order valence-electron chi connectivity index (χ4n) is 3.14. The number of rotatable bonds is 5. The van der Waals surface area contributed by atoms with Crippen LogP contribution in [0.2, 0.25) is 0 Å². The molecule has 5 nitrogen and oxygen atoms in total. The van der Waals surface area contributed by atoms with E-state index in [4.69, 9.17) is 0 Å². The third kappa shape index (κ3) is 4.75. The predicted molar refractivity (Wildman–Crippen MR) is 105 cm³/mol. The molecule has 1 aromatic heterocycles. The summed E-state index contributed by atoms with van der Waals surface area (Å²) in [5, 5.41) is 0.517. The van der Waals surface area contributed by atoms with Gasteiger partial charge in [0.1, 0.15) is 0 Å². The summed E-state index contributed by atoms with van der Waals surface area (Å²) < 4.78 is 0. The summed E-state index contributed by atoms with van der Waals surface area (Å²) >= 11 is 1.31. The highest BCUT2D eigenvalue weighted by atomic mass is 32.2. The van der Waals surface area contributed by atoms with E-state index in [1.54, 1.807) is 0 Å². The van der Waals surface area contributed by atoms with Gasteiger partial charge in [0, 0.05) is 30.8 Å². The average molecular weight is 372 g/mol. The standard InChI is InChI=1S/C20H25N3O2S/c1-14-8-10-23(11-9-14)18(24)13-26-20-21-15(2)17(19(25)22-20)12-16-6-4-3-5-7-16/h3-7,14H,8-13H2,1-2H3,(H,21,22,25). The van der Waals surface area contributed by atoms with Crippen molar-refractivity contribution in [2.75, 3.05) is 18.8 Å². The molecule has 1 fully saturated rings. The van der Waals surface area contributed by atoms with E-state index < -0.39 is 0 Å². The Morgan fingerprint density at radius 1 is 1.27 bits per heavy atom. The van der Waals surface area contributed by atoms with Crippen molar-refractivity contribution < 1.29 is 4.79 Å². The topological polar surface area (TPSA) is 66.1 Å². The number of hydrogen-bond acceptors (Lipinski definition) is 4. The van der Waals surface area contributed by atoms with Crippen LogP contribution in [-0.2, 0) is 11.2 Å². The number of amides is 1. The number of carbonyl (C=O) groups is 1. The summed E-state index contributed by atoms with van der Waals surface area (Å²) in [7, 11) is 0. The van der Waals surface area contributed by atoms with Gasteiger partial charge in [-0.25, -0.2) is 4.98 Å². The largest absolute Gasteiger partial charge is 0.342 e. The number of nitrogens with one attached hydrogen (secondary N) is 1. The molecular formula is C20H25N3O2S. The van der Waals surface area contributed by atoms with Gasteiger partial charge in [-0.2, -0.15) is 0 Å². The maximum absolute atomic E-state index is 12.4. The van der Waals surface area contributed by atoms with Crippen LogP contribution >= 0.6 is 11.8 Å². The minimum absolute atomic E-state index is 0.121. The van der Waals surface area contributed by atoms with E-state index >= 15 is 0 Å². The Morgan fingerprint density at radius 3 is 2.62 bits per heavy atom. The lowest BCUT2D eigenvalue weighted by atomic mass is 9.99. The monoisotopic (exact) mass is 371 g/mol. The Labute approximate surface area is 158 Å². The van der Waals surface area contributed by atoms with Crippen LogP contribution in [0.25, 0.3) is 0 Å². The van der Waals surface area contributed by atoms with Crippen molar-refractivity contribution in [2.45, 2.75) is 38.3 Å². The number of carbonyl (C=O) groups excluding carboxylic acids is 1. The van der Waals surface area contributed by atoms with Crippen LogP contribution < -0.4 is 5.56 Å². The van der Waals surface area contributed by atoms with Gasteiger partial charge in [0.05, 0.1) is 5.75 Å². The first-order valence-electron chi connectivity index (χ1n) is 9.07. The number of aryl methyl sites for hydroxylation is 1. The second-order valence-electron chi connectivity index (χ2n) is 6.95. The molecule has 2 heterocycles. The molecule has 0 bridgehead atoms. The molecule has 1 aromatic carbocycles. The Bertz CT molecular complexity index is 812. The zero-order valence-corrected chi connectivity index (χ0v) is 16.1. The van der Waals surface area contributed by atoms with Gasteiger partial charge in [-0.15, -0.1) is 0 Å². The molecule has 0 spiro atoms. The fraction of sp³-hybridized carbons (Fsp3) is 0.450. The van der Waals surface area contributed by atoms with Crippen LogP contribution in [-0.4, -0.2) is 39.6 Å². The highest BCUT2D eigenvalue weighted by Crippen LogP contribution is 2.19. The summed E-state index contributed by atoms with van der Waals surface area (Å²) in [5.74, 6) is 1.13. The van der Waals surface area contributed by atoms with Gasteiger partial charge < -0.3 is 9.88 Å². The van der Waals surface area contributed by atoms with Gasteiger partial charge in [-0.3, -0.25) is 9.59 Å². The number of H-pyrrole nitrogens is 1. The first-order chi connectivity index (χ1) is 12.5. The van der Waals surface area contributed by atoms with Crippen molar-refractivity contribution in [3.05, 3.63) is 57.5 Å². The van der Waals surface area contributed by atoms with Gasteiger partial charge in [0.25, 0.3) is 5.56 Å². The molecule has 1 saturated heterocycles. The fourth-order valence-corrected chi connectivity index (χ4v) is 3.95. The summed E-state index contributed by atoms with van der Waals surface area (Å²) in [4.78, 5) is 34.0. The van der Waals surface area contributed by atoms with Crippen molar-refractivity contribution in [3.63, 3.8) is 0 Å². The van der Waals surface area contributed by atoms with Crippen LogP contribution in [0.15, 0.2) is 40.3 Å². The third-order valence-corrected chi connectivity index (χ3v) is 5.75. The Kier molecular flexibility index (Phi) is 6.14. The molecule has 0 unspecified atom stereocenters. The Balaban J connectivity index is 1.62. The first-order valence-corrected chi connectivity index (χ1v) is 10.1. The predicted octanol–water partition coefficient (Wildman–Crippen LogP) is 3.02. The van der Waals surface area contributed by atoms with E-state index in [1.165, 1.54) is 11.8 Å². The lowest BCUT2D eigenvalue weighted by Crippen LogP contribution is -2.39. The molecule has 1 amide bonds. The molecule has 2 aromatic rings. The average Bonchev–Trinajstić information content (AvgIpc) is 2.64. The molecule has 0 aliphatic carbocycles. The number of piperidine rings is 1. The number of thioether (sulfide) groups is 1. The Morgan fingerprint density at radius 2 is 1.96 bits per heavy atom. The van der Waals surface area contributed by atoms with E-state index in [0.717, 1.165) is 37.2 Å². The highest BCUT2D eigenvalue weighted by Gasteiger charge is 2.20. The molecule has 0 saturated carbocycles. The number of likely N-dealkylation sites (tertiary alicyclic amines) is 1. The molecule has 1 aliphatic heterocycles. The number of nitrogens with zero attached hydrogens (tertiary/aromatic N) is 2. The normalized spacial score (nSPS) is 15.2. The van der Waals surface area contributed by atoms with Crippen LogP contribution in [0.5, 0.6) is 0 Å². The summed E-state index contributed by atoms with van der Waals surface area (Å²) in [6.45, 7) is 5.75. The molecule has 3 rings (SSSR count). The number of benzene rings is 1. The van der Waals surface area contributed by atoms with E-state index in [1.807, 2.05) is 42.2 Å². The van der Waals surface area contributed by atoms with Crippen LogP contribution in [0.4, 0.5) is 0 Å². The van der Waals surface area contributed by atoms with Crippen molar-refractivity contribution in [2.24, 2.45) is 5.92 Å². The maximum Gasteiger partial charge on any atom is 0.255 e. The van der Waals surface area contributed by atoms with Crippen molar-refractivity contribution in [1.82, 2.24) is 14.9 Å². The molecule has 0 radical (unpaired) electrons. The SMILES string of the molecule is Cc1nc(SCC(=O)N2CCC(C)CC2)[nH]c(=O)c1Cc1ccccc1. The quantitative estimate of drug-likeness (QED) is 0.648. The first kappa shape index (κ1) is 18.7. The summed E-state index contributed by atoms with van der Waals surface area (Å²) in [5.41, 5.74) is 2.36.